The SMILES string of the molecule is COc1cccc([C@@H](NC(=O)c2ccccc2)c2nccn2C)c1. The number of methoxy groups -OCH3 is 1. The predicted octanol–water partition coefficient (Wildman–Crippen LogP) is 2.95. The van der Waals surface area contributed by atoms with E-state index in [2.05, 4.69) is 10.3 Å². The number of hydrogen-bond acceptors (Lipinski definition) is 3. The van der Waals surface area contributed by atoms with Crippen LogP contribution in [-0.2, 0) is 7.05 Å². The molecule has 5 heteroatoms. The lowest BCUT2D eigenvalue weighted by atomic mass is 10.0. The Labute approximate surface area is 140 Å². The molecule has 1 amide bonds. The molecule has 0 aliphatic rings. The van der Waals surface area contributed by atoms with Gasteiger partial charge in [-0.25, -0.2) is 4.98 Å². The molecule has 0 radical (unpaired) electrons. The van der Waals surface area contributed by atoms with E-state index >= 15 is 0 Å². The molecule has 122 valence electrons. The van der Waals surface area contributed by atoms with Gasteiger partial charge in [-0.1, -0.05) is 30.3 Å². The van der Waals surface area contributed by atoms with Crippen molar-refractivity contribution < 1.29 is 9.53 Å². The first-order chi connectivity index (χ1) is 11.7. The Kier molecular flexibility index (Phi) is 4.61. The van der Waals surface area contributed by atoms with E-state index in [0.29, 0.717) is 5.56 Å². The van der Waals surface area contributed by atoms with Crippen LogP contribution in [0.3, 0.4) is 0 Å². The molecule has 5 nitrogen and oxygen atoms in total. The molecule has 1 aromatic heterocycles. The monoisotopic (exact) mass is 321 g/mol. The number of imidazole rings is 1. The Bertz CT molecular complexity index is 827. The third-order valence-electron chi connectivity index (χ3n) is 3.86. The lowest BCUT2D eigenvalue weighted by Crippen LogP contribution is -2.31. The third kappa shape index (κ3) is 3.30. The Hall–Kier alpha value is -3.08. The molecule has 0 bridgehead atoms. The molecule has 1 heterocycles. The molecule has 0 fully saturated rings. The van der Waals surface area contributed by atoms with E-state index in [0.717, 1.165) is 17.1 Å². The molecule has 0 saturated heterocycles. The van der Waals surface area contributed by atoms with Gasteiger partial charge in [0.25, 0.3) is 5.91 Å². The molecule has 0 aliphatic carbocycles. The van der Waals surface area contributed by atoms with Gasteiger partial charge in [-0.2, -0.15) is 0 Å². The molecule has 3 aromatic rings. The summed E-state index contributed by atoms with van der Waals surface area (Å²) in [6, 6.07) is 16.4. The number of ether oxygens (including phenoxy) is 1. The highest BCUT2D eigenvalue weighted by atomic mass is 16.5. The second-order valence-electron chi connectivity index (χ2n) is 5.45. The first-order valence-corrected chi connectivity index (χ1v) is 7.66. The van der Waals surface area contributed by atoms with Crippen LogP contribution < -0.4 is 10.1 Å². The number of aromatic nitrogens is 2. The van der Waals surface area contributed by atoms with Gasteiger partial charge >= 0.3 is 0 Å². The molecule has 0 aliphatic heterocycles. The fraction of sp³-hybridized carbons (Fsp3) is 0.158. The average molecular weight is 321 g/mol. The standard InChI is InChI=1S/C19H19N3O2/c1-22-12-11-20-18(22)17(15-9-6-10-16(13-15)24-2)21-19(23)14-7-4-3-5-8-14/h3-13,17H,1-2H3,(H,21,23)/t17-/m1/s1. The van der Waals surface area contributed by atoms with Crippen molar-refractivity contribution in [3.05, 3.63) is 83.9 Å². The van der Waals surface area contributed by atoms with Crippen molar-refractivity contribution >= 4 is 5.91 Å². The zero-order chi connectivity index (χ0) is 16.9. The number of nitrogens with zero attached hydrogens (tertiary/aromatic N) is 2. The highest BCUT2D eigenvalue weighted by Gasteiger charge is 2.21. The zero-order valence-corrected chi connectivity index (χ0v) is 13.6. The van der Waals surface area contributed by atoms with Gasteiger partial charge in [-0.05, 0) is 29.8 Å². The predicted molar refractivity (Wildman–Crippen MR) is 92.0 cm³/mol. The largest absolute Gasteiger partial charge is 0.497 e. The summed E-state index contributed by atoms with van der Waals surface area (Å²) < 4.78 is 7.20. The van der Waals surface area contributed by atoms with Crippen LogP contribution in [0.15, 0.2) is 67.0 Å². The van der Waals surface area contributed by atoms with Crippen molar-refractivity contribution in [2.75, 3.05) is 7.11 Å². The second kappa shape index (κ2) is 7.00. The van der Waals surface area contributed by atoms with E-state index in [1.54, 1.807) is 25.4 Å². The van der Waals surface area contributed by atoms with Gasteiger partial charge in [0, 0.05) is 25.0 Å². The quantitative estimate of drug-likeness (QED) is 0.786. The van der Waals surface area contributed by atoms with Gasteiger partial charge in [0.05, 0.1) is 7.11 Å². The fourth-order valence-electron chi connectivity index (χ4n) is 2.58. The van der Waals surface area contributed by atoms with Gasteiger partial charge in [-0.15, -0.1) is 0 Å². The van der Waals surface area contributed by atoms with Crippen molar-refractivity contribution in [1.82, 2.24) is 14.9 Å². The Morgan fingerprint density at radius 3 is 2.62 bits per heavy atom. The third-order valence-corrected chi connectivity index (χ3v) is 3.86. The molecule has 1 N–H and O–H groups in total. The Morgan fingerprint density at radius 1 is 1.17 bits per heavy atom. The number of amides is 1. The van der Waals surface area contributed by atoms with E-state index in [4.69, 9.17) is 4.74 Å². The van der Waals surface area contributed by atoms with Crippen LogP contribution in [-0.4, -0.2) is 22.6 Å². The minimum absolute atomic E-state index is 0.147. The molecule has 0 unspecified atom stereocenters. The van der Waals surface area contributed by atoms with E-state index in [1.807, 2.05) is 60.3 Å². The van der Waals surface area contributed by atoms with Gasteiger partial charge in [0.15, 0.2) is 0 Å². The molecule has 2 aromatic carbocycles. The van der Waals surface area contributed by atoms with Crippen LogP contribution in [0.2, 0.25) is 0 Å². The molecular formula is C19H19N3O2. The van der Waals surface area contributed by atoms with Crippen molar-refractivity contribution in [3.8, 4) is 5.75 Å². The first kappa shape index (κ1) is 15.8. The summed E-state index contributed by atoms with van der Waals surface area (Å²) in [7, 11) is 3.53. The number of carbonyl (C=O) groups is 1. The van der Waals surface area contributed by atoms with Crippen LogP contribution in [0.25, 0.3) is 0 Å². The molecule has 0 spiro atoms. The van der Waals surface area contributed by atoms with Crippen molar-refractivity contribution in [2.45, 2.75) is 6.04 Å². The summed E-state index contributed by atoms with van der Waals surface area (Å²) in [4.78, 5) is 17.0. The zero-order valence-electron chi connectivity index (χ0n) is 13.6. The van der Waals surface area contributed by atoms with Crippen molar-refractivity contribution in [3.63, 3.8) is 0 Å². The van der Waals surface area contributed by atoms with Gasteiger partial charge in [0.1, 0.15) is 17.6 Å². The van der Waals surface area contributed by atoms with E-state index in [1.165, 1.54) is 0 Å². The first-order valence-electron chi connectivity index (χ1n) is 7.66. The lowest BCUT2D eigenvalue weighted by molar-refractivity contribution is 0.0941. The van der Waals surface area contributed by atoms with Crippen LogP contribution in [0.4, 0.5) is 0 Å². The molecule has 0 saturated carbocycles. The van der Waals surface area contributed by atoms with Crippen molar-refractivity contribution in [2.24, 2.45) is 7.05 Å². The highest BCUT2D eigenvalue weighted by molar-refractivity contribution is 5.94. The van der Waals surface area contributed by atoms with Gasteiger partial charge < -0.3 is 14.6 Å². The topological polar surface area (TPSA) is 56.1 Å². The Morgan fingerprint density at radius 2 is 1.96 bits per heavy atom. The van der Waals surface area contributed by atoms with Crippen LogP contribution >= 0.6 is 0 Å². The number of carbonyl (C=O) groups excluding carboxylic acids is 1. The minimum atomic E-state index is -0.368. The maximum absolute atomic E-state index is 12.6. The maximum Gasteiger partial charge on any atom is 0.252 e. The summed E-state index contributed by atoms with van der Waals surface area (Å²) in [6.07, 6.45) is 3.58. The highest BCUT2D eigenvalue weighted by Crippen LogP contribution is 2.24. The molecule has 24 heavy (non-hydrogen) atoms. The van der Waals surface area contributed by atoms with Crippen molar-refractivity contribution in [1.29, 1.82) is 0 Å². The van der Waals surface area contributed by atoms with Crippen LogP contribution in [0, 0.1) is 0 Å². The summed E-state index contributed by atoms with van der Waals surface area (Å²) >= 11 is 0. The minimum Gasteiger partial charge on any atom is -0.497 e. The number of benzene rings is 2. The lowest BCUT2D eigenvalue weighted by Gasteiger charge is -2.20. The Balaban J connectivity index is 1.96. The summed E-state index contributed by atoms with van der Waals surface area (Å²) in [5.41, 5.74) is 1.52. The molecule has 1 atom stereocenters. The average Bonchev–Trinajstić information content (AvgIpc) is 3.06. The van der Waals surface area contributed by atoms with E-state index < -0.39 is 0 Å². The van der Waals surface area contributed by atoms with Crippen LogP contribution in [0.5, 0.6) is 5.75 Å². The van der Waals surface area contributed by atoms with E-state index in [9.17, 15) is 4.79 Å². The number of nitrogens with one attached hydrogen (secondary N) is 1. The number of rotatable bonds is 5. The normalized spacial score (nSPS) is 11.8. The number of hydrogen-bond donors (Lipinski definition) is 1. The number of aryl methyl sites for hydroxylation is 1. The molecular weight excluding hydrogens is 302 g/mol. The smallest absolute Gasteiger partial charge is 0.252 e. The summed E-state index contributed by atoms with van der Waals surface area (Å²) in [6.45, 7) is 0. The van der Waals surface area contributed by atoms with E-state index in [-0.39, 0.29) is 11.9 Å². The second-order valence-corrected chi connectivity index (χ2v) is 5.45. The van der Waals surface area contributed by atoms with Crippen LogP contribution in [0.1, 0.15) is 27.8 Å². The maximum atomic E-state index is 12.6. The summed E-state index contributed by atoms with van der Waals surface area (Å²) in [5, 5.41) is 3.07. The molecule has 3 rings (SSSR count). The fourth-order valence-corrected chi connectivity index (χ4v) is 2.58. The van der Waals surface area contributed by atoms with Gasteiger partial charge in [-0.3, -0.25) is 4.79 Å². The van der Waals surface area contributed by atoms with Gasteiger partial charge in [0.2, 0.25) is 0 Å². The summed E-state index contributed by atoms with van der Waals surface area (Å²) in [5.74, 6) is 1.35.